The summed E-state index contributed by atoms with van der Waals surface area (Å²) in [5.74, 6) is 3.62. The highest BCUT2D eigenvalue weighted by molar-refractivity contribution is 5.95. The summed E-state index contributed by atoms with van der Waals surface area (Å²) >= 11 is 0. The maximum Gasteiger partial charge on any atom is 0.253 e. The molecule has 2 aromatic heterocycles. The molecule has 6 nitrogen and oxygen atoms in total. The van der Waals surface area contributed by atoms with Gasteiger partial charge in [0.15, 0.2) is 5.82 Å². The normalized spacial score (nSPS) is 15.4. The molecule has 1 fully saturated rings. The Labute approximate surface area is 164 Å². The van der Waals surface area contributed by atoms with Gasteiger partial charge >= 0.3 is 0 Å². The van der Waals surface area contributed by atoms with Crippen molar-refractivity contribution in [2.75, 3.05) is 13.1 Å². The fourth-order valence-electron chi connectivity index (χ4n) is 3.55. The van der Waals surface area contributed by atoms with Crippen LogP contribution in [0.4, 0.5) is 0 Å². The Morgan fingerprint density at radius 2 is 1.96 bits per heavy atom. The van der Waals surface area contributed by atoms with Crippen molar-refractivity contribution in [3.8, 4) is 11.3 Å². The van der Waals surface area contributed by atoms with Gasteiger partial charge in [0.05, 0.1) is 0 Å². The third-order valence-electron chi connectivity index (χ3n) is 5.24. The van der Waals surface area contributed by atoms with Crippen molar-refractivity contribution < 1.29 is 13.7 Å². The lowest BCUT2D eigenvalue weighted by molar-refractivity contribution is 0.0704. The van der Waals surface area contributed by atoms with E-state index >= 15 is 0 Å². The minimum Gasteiger partial charge on any atom is -0.461 e. The Morgan fingerprint density at radius 1 is 1.18 bits per heavy atom. The first-order chi connectivity index (χ1) is 13.5. The molecule has 28 heavy (non-hydrogen) atoms. The summed E-state index contributed by atoms with van der Waals surface area (Å²) in [5, 5.41) is 4.06. The number of furan rings is 1. The van der Waals surface area contributed by atoms with E-state index < -0.39 is 0 Å². The molecule has 1 aromatic carbocycles. The molecule has 0 saturated carbocycles. The predicted molar refractivity (Wildman–Crippen MR) is 105 cm³/mol. The molecular weight excluding hydrogens is 354 g/mol. The number of piperidine rings is 1. The second-order valence-corrected chi connectivity index (χ2v) is 7.70. The lowest BCUT2D eigenvalue weighted by atomic mass is 9.96. The predicted octanol–water partition coefficient (Wildman–Crippen LogP) is 4.78. The van der Waals surface area contributed by atoms with Crippen LogP contribution in [0.3, 0.4) is 0 Å². The molecule has 0 unspecified atom stereocenters. The van der Waals surface area contributed by atoms with Gasteiger partial charge in [-0.15, -0.1) is 0 Å². The molecule has 4 rings (SSSR count). The summed E-state index contributed by atoms with van der Waals surface area (Å²) in [4.78, 5) is 19.4. The number of likely N-dealkylation sites (tertiary alicyclic amines) is 1. The molecular formula is C22H25N3O3. The van der Waals surface area contributed by atoms with Crippen LogP contribution in [-0.2, 0) is 0 Å². The van der Waals surface area contributed by atoms with Gasteiger partial charge in [0, 0.05) is 36.1 Å². The topological polar surface area (TPSA) is 72.4 Å². The average molecular weight is 379 g/mol. The van der Waals surface area contributed by atoms with Crippen molar-refractivity contribution in [1.82, 2.24) is 15.0 Å². The van der Waals surface area contributed by atoms with Crippen LogP contribution in [0.5, 0.6) is 0 Å². The third kappa shape index (κ3) is 3.72. The van der Waals surface area contributed by atoms with Gasteiger partial charge in [-0.3, -0.25) is 4.79 Å². The van der Waals surface area contributed by atoms with E-state index in [2.05, 4.69) is 10.1 Å². The standard InChI is InChI=1S/C22H25N3O3/c1-14(2)20-23-21(28-24-20)16-9-11-25(12-10-16)22(26)18-6-4-5-17(13-18)19-8-7-15(3)27-19/h4-8,13-14,16H,9-12H2,1-3H3. The smallest absolute Gasteiger partial charge is 0.253 e. The molecule has 146 valence electrons. The Kier molecular flexibility index (Phi) is 5.03. The summed E-state index contributed by atoms with van der Waals surface area (Å²) < 4.78 is 11.1. The maximum atomic E-state index is 13.0. The SMILES string of the molecule is Cc1ccc(-c2cccc(C(=O)N3CCC(c4nc(C(C)C)no4)CC3)c2)o1. The Bertz CT molecular complexity index is 965. The molecule has 0 spiro atoms. The molecule has 3 heterocycles. The fraction of sp³-hybridized carbons (Fsp3) is 0.409. The van der Waals surface area contributed by atoms with E-state index in [0.717, 1.165) is 35.7 Å². The summed E-state index contributed by atoms with van der Waals surface area (Å²) in [6.45, 7) is 7.39. The van der Waals surface area contributed by atoms with Gasteiger partial charge in [-0.1, -0.05) is 31.1 Å². The number of aromatic nitrogens is 2. The molecule has 0 atom stereocenters. The number of amides is 1. The van der Waals surface area contributed by atoms with E-state index in [1.165, 1.54) is 0 Å². The van der Waals surface area contributed by atoms with Crippen LogP contribution < -0.4 is 0 Å². The first kappa shape index (κ1) is 18.5. The van der Waals surface area contributed by atoms with E-state index in [1.54, 1.807) is 0 Å². The van der Waals surface area contributed by atoms with Crippen molar-refractivity contribution >= 4 is 5.91 Å². The third-order valence-corrected chi connectivity index (χ3v) is 5.24. The molecule has 6 heteroatoms. The summed E-state index contributed by atoms with van der Waals surface area (Å²) in [6, 6.07) is 11.5. The van der Waals surface area contributed by atoms with Crippen molar-refractivity contribution in [2.45, 2.75) is 45.4 Å². The molecule has 0 bridgehead atoms. The van der Waals surface area contributed by atoms with Gasteiger partial charge in [-0.25, -0.2) is 0 Å². The van der Waals surface area contributed by atoms with E-state index in [0.29, 0.717) is 24.5 Å². The van der Waals surface area contributed by atoms with Crippen LogP contribution in [0, 0.1) is 6.92 Å². The number of benzene rings is 1. The average Bonchev–Trinajstić information content (AvgIpc) is 3.37. The van der Waals surface area contributed by atoms with Gasteiger partial charge in [-0.05, 0) is 44.0 Å². The summed E-state index contributed by atoms with van der Waals surface area (Å²) in [6.07, 6.45) is 1.67. The second-order valence-electron chi connectivity index (χ2n) is 7.70. The molecule has 1 saturated heterocycles. The lowest BCUT2D eigenvalue weighted by Crippen LogP contribution is -2.38. The molecule has 3 aromatic rings. The van der Waals surface area contributed by atoms with Crippen molar-refractivity contribution in [3.05, 3.63) is 59.4 Å². The fourth-order valence-corrected chi connectivity index (χ4v) is 3.55. The number of aryl methyl sites for hydroxylation is 1. The van der Waals surface area contributed by atoms with Crippen molar-refractivity contribution in [2.24, 2.45) is 0 Å². The number of rotatable bonds is 4. The van der Waals surface area contributed by atoms with E-state index in [1.807, 2.05) is 62.1 Å². The monoisotopic (exact) mass is 379 g/mol. The van der Waals surface area contributed by atoms with E-state index in [4.69, 9.17) is 8.94 Å². The zero-order valence-electron chi connectivity index (χ0n) is 16.5. The summed E-state index contributed by atoms with van der Waals surface area (Å²) in [5.41, 5.74) is 1.60. The highest BCUT2D eigenvalue weighted by Gasteiger charge is 2.28. The Morgan fingerprint density at radius 3 is 2.61 bits per heavy atom. The van der Waals surface area contributed by atoms with E-state index in [9.17, 15) is 4.79 Å². The minimum absolute atomic E-state index is 0.0528. The number of hydrogen-bond acceptors (Lipinski definition) is 5. The van der Waals surface area contributed by atoms with Gasteiger partial charge < -0.3 is 13.8 Å². The lowest BCUT2D eigenvalue weighted by Gasteiger charge is -2.30. The quantitative estimate of drug-likeness (QED) is 0.652. The largest absolute Gasteiger partial charge is 0.461 e. The number of hydrogen-bond donors (Lipinski definition) is 0. The zero-order valence-corrected chi connectivity index (χ0v) is 16.5. The summed E-state index contributed by atoms with van der Waals surface area (Å²) in [7, 11) is 0. The first-order valence-electron chi connectivity index (χ1n) is 9.81. The minimum atomic E-state index is 0.0528. The molecule has 1 aliphatic rings. The van der Waals surface area contributed by atoms with Crippen LogP contribution >= 0.6 is 0 Å². The maximum absolute atomic E-state index is 13.0. The van der Waals surface area contributed by atoms with Gasteiger partial charge in [0.25, 0.3) is 5.91 Å². The molecule has 0 N–H and O–H groups in total. The highest BCUT2D eigenvalue weighted by Crippen LogP contribution is 2.29. The number of carbonyl (C=O) groups excluding carboxylic acids is 1. The van der Waals surface area contributed by atoms with Crippen LogP contribution in [0.1, 0.15) is 66.4 Å². The highest BCUT2D eigenvalue weighted by atomic mass is 16.5. The Balaban J connectivity index is 1.42. The van der Waals surface area contributed by atoms with Crippen molar-refractivity contribution in [3.63, 3.8) is 0 Å². The van der Waals surface area contributed by atoms with Gasteiger partial charge in [0.1, 0.15) is 11.5 Å². The first-order valence-corrected chi connectivity index (χ1v) is 9.81. The molecule has 0 radical (unpaired) electrons. The number of nitrogens with zero attached hydrogens (tertiary/aromatic N) is 3. The zero-order chi connectivity index (χ0) is 19.7. The number of carbonyl (C=O) groups is 1. The Hall–Kier alpha value is -2.89. The molecule has 1 amide bonds. The van der Waals surface area contributed by atoms with Crippen molar-refractivity contribution in [1.29, 1.82) is 0 Å². The molecule has 1 aliphatic heterocycles. The van der Waals surface area contributed by atoms with Crippen LogP contribution in [0.25, 0.3) is 11.3 Å². The second kappa shape index (κ2) is 7.62. The van der Waals surface area contributed by atoms with Gasteiger partial charge in [-0.2, -0.15) is 4.98 Å². The molecule has 0 aliphatic carbocycles. The van der Waals surface area contributed by atoms with Gasteiger partial charge in [0.2, 0.25) is 5.89 Å². The van der Waals surface area contributed by atoms with Crippen LogP contribution in [-0.4, -0.2) is 34.0 Å². The van der Waals surface area contributed by atoms with Crippen LogP contribution in [0.2, 0.25) is 0 Å². The van der Waals surface area contributed by atoms with Crippen LogP contribution in [0.15, 0.2) is 45.3 Å². The van der Waals surface area contributed by atoms with E-state index in [-0.39, 0.29) is 17.7 Å².